The molecule has 18 heavy (non-hydrogen) atoms. The maximum Gasteiger partial charge on any atom is 0.146 e. The molecule has 0 spiro atoms. The number of hydrogen-bond acceptors (Lipinski definition) is 2. The molecular formula is C15H22FNO. The molecule has 1 N–H and O–H groups in total. The Labute approximate surface area is 108 Å². The van der Waals surface area contributed by atoms with Crippen molar-refractivity contribution in [2.75, 3.05) is 11.4 Å². The van der Waals surface area contributed by atoms with Crippen LogP contribution in [-0.4, -0.2) is 17.7 Å². The number of aliphatic hydroxyl groups is 1. The number of benzene rings is 1. The van der Waals surface area contributed by atoms with Gasteiger partial charge < -0.3 is 10.0 Å². The lowest BCUT2D eigenvalue weighted by atomic mass is 10.1. The standard InChI is InChI=1S/C15H22FNO/c1-10(2)9-17(13-5-6-13)15-7-4-12(11(3)18)8-14(15)16/h4,7-8,10-11,13,18H,5-6,9H2,1-3H3/t11-/m0/s1. The first kappa shape index (κ1) is 13.3. The Kier molecular flexibility index (Phi) is 3.91. The first-order chi connectivity index (χ1) is 8.49. The molecule has 0 radical (unpaired) electrons. The predicted octanol–water partition coefficient (Wildman–Crippen LogP) is 3.50. The summed E-state index contributed by atoms with van der Waals surface area (Å²) in [5.41, 5.74) is 1.31. The lowest BCUT2D eigenvalue weighted by molar-refractivity contribution is 0.199. The number of halogens is 1. The van der Waals surface area contributed by atoms with Crippen LogP contribution in [0.3, 0.4) is 0 Å². The summed E-state index contributed by atoms with van der Waals surface area (Å²) in [6, 6.07) is 5.58. The van der Waals surface area contributed by atoms with Crippen molar-refractivity contribution in [1.29, 1.82) is 0 Å². The number of anilines is 1. The molecule has 1 aliphatic rings. The van der Waals surface area contributed by atoms with E-state index >= 15 is 0 Å². The fourth-order valence-corrected chi connectivity index (χ4v) is 2.24. The van der Waals surface area contributed by atoms with Crippen molar-refractivity contribution < 1.29 is 9.50 Å². The third-order valence-corrected chi connectivity index (χ3v) is 3.31. The largest absolute Gasteiger partial charge is 0.389 e. The van der Waals surface area contributed by atoms with Gasteiger partial charge in [-0.15, -0.1) is 0 Å². The Morgan fingerprint density at radius 3 is 2.44 bits per heavy atom. The first-order valence-electron chi connectivity index (χ1n) is 6.73. The quantitative estimate of drug-likeness (QED) is 0.865. The molecule has 0 bridgehead atoms. The van der Waals surface area contributed by atoms with Gasteiger partial charge in [0.25, 0.3) is 0 Å². The Hall–Kier alpha value is -1.09. The van der Waals surface area contributed by atoms with Crippen molar-refractivity contribution in [2.45, 2.75) is 45.8 Å². The summed E-state index contributed by atoms with van der Waals surface area (Å²) in [5, 5.41) is 9.46. The number of hydrogen-bond donors (Lipinski definition) is 1. The fourth-order valence-electron chi connectivity index (χ4n) is 2.24. The van der Waals surface area contributed by atoms with E-state index in [-0.39, 0.29) is 5.82 Å². The van der Waals surface area contributed by atoms with E-state index in [0.717, 1.165) is 19.4 Å². The van der Waals surface area contributed by atoms with Crippen molar-refractivity contribution in [3.8, 4) is 0 Å². The second kappa shape index (κ2) is 5.27. The van der Waals surface area contributed by atoms with E-state index in [1.165, 1.54) is 6.07 Å². The molecule has 0 unspecified atom stereocenters. The van der Waals surface area contributed by atoms with E-state index in [4.69, 9.17) is 0 Å². The van der Waals surface area contributed by atoms with Gasteiger partial charge in [0.2, 0.25) is 0 Å². The highest BCUT2D eigenvalue weighted by Crippen LogP contribution is 2.34. The van der Waals surface area contributed by atoms with Crippen LogP contribution in [0.4, 0.5) is 10.1 Å². The van der Waals surface area contributed by atoms with E-state index in [1.807, 2.05) is 6.07 Å². The van der Waals surface area contributed by atoms with Gasteiger partial charge in [0.15, 0.2) is 0 Å². The van der Waals surface area contributed by atoms with Crippen LogP contribution in [-0.2, 0) is 0 Å². The van der Waals surface area contributed by atoms with Gasteiger partial charge in [-0.2, -0.15) is 0 Å². The molecule has 0 aromatic heterocycles. The van der Waals surface area contributed by atoms with Crippen molar-refractivity contribution in [1.82, 2.24) is 0 Å². The second-order valence-electron chi connectivity index (χ2n) is 5.66. The van der Waals surface area contributed by atoms with Gasteiger partial charge in [-0.05, 0) is 43.4 Å². The van der Waals surface area contributed by atoms with Gasteiger partial charge >= 0.3 is 0 Å². The molecule has 2 rings (SSSR count). The molecule has 2 nitrogen and oxygen atoms in total. The Bertz CT molecular complexity index is 413. The zero-order valence-electron chi connectivity index (χ0n) is 11.4. The maximum absolute atomic E-state index is 14.1. The summed E-state index contributed by atoms with van der Waals surface area (Å²) >= 11 is 0. The molecule has 3 heteroatoms. The van der Waals surface area contributed by atoms with E-state index in [2.05, 4.69) is 18.7 Å². The van der Waals surface area contributed by atoms with Crippen LogP contribution in [0.5, 0.6) is 0 Å². The summed E-state index contributed by atoms with van der Waals surface area (Å²) in [6.07, 6.45) is 1.70. The van der Waals surface area contributed by atoms with E-state index in [0.29, 0.717) is 23.2 Å². The van der Waals surface area contributed by atoms with Gasteiger partial charge in [-0.3, -0.25) is 0 Å². The average Bonchev–Trinajstić information content (AvgIpc) is 3.09. The minimum atomic E-state index is -0.618. The lowest BCUT2D eigenvalue weighted by Crippen LogP contribution is -2.30. The first-order valence-corrected chi connectivity index (χ1v) is 6.73. The van der Waals surface area contributed by atoms with Gasteiger partial charge in [-0.1, -0.05) is 19.9 Å². The zero-order chi connectivity index (χ0) is 13.3. The molecule has 0 heterocycles. The van der Waals surface area contributed by atoms with Gasteiger partial charge in [0.05, 0.1) is 11.8 Å². The molecule has 1 aromatic rings. The summed E-state index contributed by atoms with van der Waals surface area (Å²) in [4.78, 5) is 2.17. The van der Waals surface area contributed by atoms with Crippen molar-refractivity contribution in [3.05, 3.63) is 29.6 Å². The highest BCUT2D eigenvalue weighted by molar-refractivity contribution is 5.51. The minimum absolute atomic E-state index is 0.221. The Balaban J connectivity index is 2.24. The monoisotopic (exact) mass is 251 g/mol. The number of aliphatic hydroxyl groups excluding tert-OH is 1. The molecule has 0 amide bonds. The molecule has 100 valence electrons. The van der Waals surface area contributed by atoms with Crippen molar-refractivity contribution in [3.63, 3.8) is 0 Å². The van der Waals surface area contributed by atoms with Crippen molar-refractivity contribution in [2.24, 2.45) is 5.92 Å². The molecule has 1 aromatic carbocycles. The number of rotatable bonds is 5. The van der Waals surface area contributed by atoms with Crippen molar-refractivity contribution >= 4 is 5.69 Å². The molecule has 0 saturated heterocycles. The van der Waals surface area contributed by atoms with Gasteiger partial charge in [0.1, 0.15) is 5.82 Å². The highest BCUT2D eigenvalue weighted by Gasteiger charge is 2.31. The summed E-state index contributed by atoms with van der Waals surface area (Å²) in [5.74, 6) is 0.294. The average molecular weight is 251 g/mol. The van der Waals surface area contributed by atoms with E-state index < -0.39 is 6.10 Å². The Morgan fingerprint density at radius 1 is 1.33 bits per heavy atom. The highest BCUT2D eigenvalue weighted by atomic mass is 19.1. The van der Waals surface area contributed by atoms with E-state index in [1.54, 1.807) is 13.0 Å². The van der Waals surface area contributed by atoms with Crippen LogP contribution < -0.4 is 4.90 Å². The SMILES string of the molecule is CC(C)CN(c1ccc([C@H](C)O)cc1F)C1CC1. The summed E-state index contributed by atoms with van der Waals surface area (Å²) in [6.45, 7) is 6.84. The number of nitrogens with zero attached hydrogens (tertiary/aromatic N) is 1. The second-order valence-corrected chi connectivity index (χ2v) is 5.66. The van der Waals surface area contributed by atoms with Crippen LogP contribution >= 0.6 is 0 Å². The lowest BCUT2D eigenvalue weighted by Gasteiger charge is -2.27. The topological polar surface area (TPSA) is 23.5 Å². The molecule has 0 aliphatic heterocycles. The summed E-state index contributed by atoms with van der Waals surface area (Å²) < 4.78 is 14.1. The smallest absolute Gasteiger partial charge is 0.146 e. The molecule has 1 atom stereocenters. The van der Waals surface area contributed by atoms with Crippen LogP contribution in [0.1, 0.15) is 45.3 Å². The third-order valence-electron chi connectivity index (χ3n) is 3.31. The van der Waals surface area contributed by atoms with E-state index in [9.17, 15) is 9.50 Å². The predicted molar refractivity (Wildman–Crippen MR) is 72.2 cm³/mol. The molecular weight excluding hydrogens is 229 g/mol. The molecule has 1 fully saturated rings. The maximum atomic E-state index is 14.1. The molecule has 1 aliphatic carbocycles. The zero-order valence-corrected chi connectivity index (χ0v) is 11.4. The van der Waals surface area contributed by atoms with Gasteiger partial charge in [-0.25, -0.2) is 4.39 Å². The summed E-state index contributed by atoms with van der Waals surface area (Å²) in [7, 11) is 0. The van der Waals surface area contributed by atoms with Crippen LogP contribution in [0.2, 0.25) is 0 Å². The Morgan fingerprint density at radius 2 is 2.00 bits per heavy atom. The normalized spacial score (nSPS) is 17.0. The van der Waals surface area contributed by atoms with Crippen LogP contribution in [0, 0.1) is 11.7 Å². The van der Waals surface area contributed by atoms with Gasteiger partial charge in [0, 0.05) is 12.6 Å². The van der Waals surface area contributed by atoms with Crippen LogP contribution in [0.15, 0.2) is 18.2 Å². The van der Waals surface area contributed by atoms with Crippen LogP contribution in [0.25, 0.3) is 0 Å². The fraction of sp³-hybridized carbons (Fsp3) is 0.600. The third kappa shape index (κ3) is 3.02. The minimum Gasteiger partial charge on any atom is -0.389 e. The molecule has 1 saturated carbocycles.